The van der Waals surface area contributed by atoms with Crippen molar-refractivity contribution in [2.75, 3.05) is 33.3 Å². The van der Waals surface area contributed by atoms with Gasteiger partial charge in [-0.25, -0.2) is 4.39 Å². The summed E-state index contributed by atoms with van der Waals surface area (Å²) in [6.45, 7) is 5.96. The summed E-state index contributed by atoms with van der Waals surface area (Å²) in [7, 11) is 2.12. The van der Waals surface area contributed by atoms with Gasteiger partial charge in [-0.3, -0.25) is 9.88 Å². The van der Waals surface area contributed by atoms with Crippen molar-refractivity contribution in [2.24, 2.45) is 0 Å². The summed E-state index contributed by atoms with van der Waals surface area (Å²) >= 11 is 0. The summed E-state index contributed by atoms with van der Waals surface area (Å²) in [6.07, 6.45) is 0.800. The number of aliphatic hydroxyl groups is 1. The SMILES string of the molecule is Cc1cc(CN2CCN(C)[C@H](CCO)C2)c2ccc(F)cc2n1. The van der Waals surface area contributed by atoms with Gasteiger partial charge < -0.3 is 10.0 Å². The Morgan fingerprint density at radius 1 is 1.30 bits per heavy atom. The molecule has 0 saturated carbocycles. The Labute approximate surface area is 136 Å². The van der Waals surface area contributed by atoms with Gasteiger partial charge >= 0.3 is 0 Å². The molecule has 1 atom stereocenters. The van der Waals surface area contributed by atoms with Crippen LogP contribution in [0.4, 0.5) is 4.39 Å². The summed E-state index contributed by atoms with van der Waals surface area (Å²) in [5.74, 6) is -0.246. The second-order valence-electron chi connectivity index (χ2n) is 6.47. The van der Waals surface area contributed by atoms with Gasteiger partial charge in [0.15, 0.2) is 0 Å². The van der Waals surface area contributed by atoms with E-state index in [0.29, 0.717) is 6.04 Å². The third kappa shape index (κ3) is 3.68. The minimum atomic E-state index is -0.246. The van der Waals surface area contributed by atoms with Crippen LogP contribution in [0.15, 0.2) is 24.3 Å². The highest BCUT2D eigenvalue weighted by Gasteiger charge is 2.24. The van der Waals surface area contributed by atoms with E-state index in [9.17, 15) is 9.50 Å². The van der Waals surface area contributed by atoms with Gasteiger partial charge in [0, 0.05) is 56.0 Å². The van der Waals surface area contributed by atoms with Crippen molar-refractivity contribution in [1.29, 1.82) is 0 Å². The van der Waals surface area contributed by atoms with Crippen LogP contribution in [0.2, 0.25) is 0 Å². The van der Waals surface area contributed by atoms with E-state index in [1.807, 2.05) is 13.0 Å². The third-order valence-electron chi connectivity index (χ3n) is 4.70. The van der Waals surface area contributed by atoms with Crippen molar-refractivity contribution in [3.8, 4) is 0 Å². The largest absolute Gasteiger partial charge is 0.396 e. The molecule has 0 amide bonds. The third-order valence-corrected chi connectivity index (χ3v) is 4.70. The van der Waals surface area contributed by atoms with Gasteiger partial charge in [0.2, 0.25) is 0 Å². The van der Waals surface area contributed by atoms with Gasteiger partial charge in [-0.05, 0) is 44.2 Å². The van der Waals surface area contributed by atoms with Crippen LogP contribution in [-0.2, 0) is 6.54 Å². The Kier molecular flexibility index (Phi) is 4.90. The molecule has 124 valence electrons. The van der Waals surface area contributed by atoms with E-state index in [1.165, 1.54) is 17.7 Å². The summed E-state index contributed by atoms with van der Waals surface area (Å²) in [5.41, 5.74) is 2.83. The van der Waals surface area contributed by atoms with Crippen LogP contribution in [-0.4, -0.2) is 59.2 Å². The molecule has 0 aliphatic carbocycles. The van der Waals surface area contributed by atoms with Crippen LogP contribution in [0, 0.1) is 12.7 Å². The maximum absolute atomic E-state index is 13.5. The van der Waals surface area contributed by atoms with Gasteiger partial charge in [0.05, 0.1) is 5.52 Å². The first kappa shape index (κ1) is 16.3. The number of pyridine rings is 1. The number of piperazine rings is 1. The normalized spacial score (nSPS) is 20.3. The number of aliphatic hydroxyl groups excluding tert-OH is 1. The first-order chi connectivity index (χ1) is 11.1. The Bertz CT molecular complexity index is 686. The summed E-state index contributed by atoms with van der Waals surface area (Å²) in [6, 6.07) is 7.32. The Balaban J connectivity index is 1.83. The molecule has 1 aliphatic heterocycles. The summed E-state index contributed by atoms with van der Waals surface area (Å²) < 4.78 is 13.5. The predicted molar refractivity (Wildman–Crippen MR) is 89.8 cm³/mol. The second-order valence-corrected chi connectivity index (χ2v) is 6.47. The lowest BCUT2D eigenvalue weighted by atomic mass is 10.0. The lowest BCUT2D eigenvalue weighted by molar-refractivity contribution is 0.0745. The first-order valence-electron chi connectivity index (χ1n) is 8.16. The molecule has 1 aromatic carbocycles. The molecule has 1 N–H and O–H groups in total. The number of nitrogens with zero attached hydrogens (tertiary/aromatic N) is 3. The average Bonchev–Trinajstić information content (AvgIpc) is 2.50. The molecule has 0 bridgehead atoms. The number of likely N-dealkylation sites (N-methyl/N-ethyl adjacent to an activating group) is 1. The molecule has 0 unspecified atom stereocenters. The zero-order valence-electron chi connectivity index (χ0n) is 13.8. The molecule has 2 aromatic rings. The van der Waals surface area contributed by atoms with Gasteiger partial charge in [0.25, 0.3) is 0 Å². The van der Waals surface area contributed by atoms with E-state index >= 15 is 0 Å². The van der Waals surface area contributed by atoms with Gasteiger partial charge in [-0.2, -0.15) is 0 Å². The molecule has 1 saturated heterocycles. The number of rotatable bonds is 4. The number of aromatic nitrogens is 1. The molecule has 0 radical (unpaired) electrons. The minimum Gasteiger partial charge on any atom is -0.396 e. The zero-order chi connectivity index (χ0) is 16.4. The number of hydrogen-bond acceptors (Lipinski definition) is 4. The van der Waals surface area contributed by atoms with E-state index in [4.69, 9.17) is 0 Å². The number of benzene rings is 1. The molecule has 4 nitrogen and oxygen atoms in total. The first-order valence-corrected chi connectivity index (χ1v) is 8.16. The van der Waals surface area contributed by atoms with Crippen LogP contribution in [0.1, 0.15) is 17.7 Å². The number of halogens is 1. The van der Waals surface area contributed by atoms with Crippen molar-refractivity contribution in [2.45, 2.75) is 25.9 Å². The van der Waals surface area contributed by atoms with Crippen LogP contribution < -0.4 is 0 Å². The lowest BCUT2D eigenvalue weighted by Crippen LogP contribution is -2.51. The van der Waals surface area contributed by atoms with E-state index in [0.717, 1.165) is 49.2 Å². The topological polar surface area (TPSA) is 39.6 Å². The lowest BCUT2D eigenvalue weighted by Gasteiger charge is -2.39. The fraction of sp³-hybridized carbons (Fsp3) is 0.500. The highest BCUT2D eigenvalue weighted by atomic mass is 19.1. The summed E-state index contributed by atoms with van der Waals surface area (Å²) in [5, 5.41) is 10.2. The standard InChI is InChI=1S/C18H24FN3O/c1-13-9-14(17-4-3-15(19)10-18(17)20-13)11-22-7-6-21(2)16(12-22)5-8-23/h3-4,9-10,16,23H,5-8,11-12H2,1-2H3/t16-/m1/s1. The van der Waals surface area contributed by atoms with Crippen LogP contribution in [0.5, 0.6) is 0 Å². The number of fused-ring (bicyclic) bond motifs is 1. The number of aryl methyl sites for hydroxylation is 1. The zero-order valence-corrected chi connectivity index (χ0v) is 13.8. The van der Waals surface area contributed by atoms with Crippen LogP contribution >= 0.6 is 0 Å². The molecule has 23 heavy (non-hydrogen) atoms. The monoisotopic (exact) mass is 317 g/mol. The fourth-order valence-electron chi connectivity index (χ4n) is 3.41. The Morgan fingerprint density at radius 2 is 2.13 bits per heavy atom. The van der Waals surface area contributed by atoms with Gasteiger partial charge in [-0.1, -0.05) is 0 Å². The number of hydrogen-bond donors (Lipinski definition) is 1. The van der Waals surface area contributed by atoms with E-state index in [1.54, 1.807) is 0 Å². The molecule has 1 fully saturated rings. The molecule has 2 heterocycles. The molecule has 1 aliphatic rings. The molecule has 3 rings (SSSR count). The fourth-order valence-corrected chi connectivity index (χ4v) is 3.41. The molecule has 1 aromatic heterocycles. The van der Waals surface area contributed by atoms with Crippen molar-refractivity contribution >= 4 is 10.9 Å². The molecular formula is C18H24FN3O. The van der Waals surface area contributed by atoms with E-state index < -0.39 is 0 Å². The molecular weight excluding hydrogens is 293 g/mol. The van der Waals surface area contributed by atoms with Crippen molar-refractivity contribution in [3.05, 3.63) is 41.3 Å². The Hall–Kier alpha value is -1.56. The second kappa shape index (κ2) is 6.91. The van der Waals surface area contributed by atoms with Gasteiger partial charge in [-0.15, -0.1) is 0 Å². The maximum Gasteiger partial charge on any atom is 0.125 e. The van der Waals surface area contributed by atoms with Gasteiger partial charge in [0.1, 0.15) is 5.82 Å². The average molecular weight is 317 g/mol. The predicted octanol–water partition coefficient (Wildman–Crippen LogP) is 2.18. The highest BCUT2D eigenvalue weighted by Crippen LogP contribution is 2.22. The van der Waals surface area contributed by atoms with Crippen LogP contribution in [0.3, 0.4) is 0 Å². The maximum atomic E-state index is 13.5. The van der Waals surface area contributed by atoms with Crippen LogP contribution in [0.25, 0.3) is 10.9 Å². The Morgan fingerprint density at radius 3 is 2.91 bits per heavy atom. The quantitative estimate of drug-likeness (QED) is 0.938. The summed E-state index contributed by atoms with van der Waals surface area (Å²) in [4.78, 5) is 9.18. The van der Waals surface area contributed by atoms with Crippen molar-refractivity contribution < 1.29 is 9.50 Å². The van der Waals surface area contributed by atoms with E-state index in [2.05, 4.69) is 27.9 Å². The van der Waals surface area contributed by atoms with Crippen molar-refractivity contribution in [3.63, 3.8) is 0 Å². The smallest absolute Gasteiger partial charge is 0.125 e. The molecule has 5 heteroatoms. The van der Waals surface area contributed by atoms with Crippen molar-refractivity contribution in [1.82, 2.24) is 14.8 Å². The minimum absolute atomic E-state index is 0.222. The van der Waals surface area contributed by atoms with E-state index in [-0.39, 0.29) is 12.4 Å². The molecule has 0 spiro atoms. The highest BCUT2D eigenvalue weighted by molar-refractivity contribution is 5.82.